The predicted molar refractivity (Wildman–Crippen MR) is 76.0 cm³/mol. The molecule has 0 atom stereocenters. The lowest BCUT2D eigenvalue weighted by atomic mass is 10.1. The maximum atomic E-state index is 5.61. The second kappa shape index (κ2) is 6.53. The number of halogens is 1. The molecule has 0 spiro atoms. The highest BCUT2D eigenvalue weighted by molar-refractivity contribution is 9.10. The fourth-order valence-corrected chi connectivity index (χ4v) is 2.58. The van der Waals surface area contributed by atoms with Crippen LogP contribution in [0.15, 0.2) is 22.7 Å². The summed E-state index contributed by atoms with van der Waals surface area (Å²) in [5.74, 6) is 0. The molecule has 1 aliphatic rings. The van der Waals surface area contributed by atoms with Crippen LogP contribution in [0.5, 0.6) is 0 Å². The third kappa shape index (κ3) is 4.41. The van der Waals surface area contributed by atoms with Crippen molar-refractivity contribution in [2.75, 3.05) is 6.54 Å². The molecule has 0 aromatic heterocycles. The van der Waals surface area contributed by atoms with E-state index >= 15 is 0 Å². The molecule has 0 unspecified atom stereocenters. The van der Waals surface area contributed by atoms with Crippen molar-refractivity contribution < 1.29 is 0 Å². The molecule has 1 aromatic carbocycles. The minimum atomic E-state index is 0.615. The van der Waals surface area contributed by atoms with Crippen molar-refractivity contribution >= 4 is 15.9 Å². The van der Waals surface area contributed by atoms with E-state index in [1.165, 1.54) is 47.8 Å². The van der Waals surface area contributed by atoms with Crippen LogP contribution in [0.3, 0.4) is 0 Å². The maximum Gasteiger partial charge on any atom is 0.0210 e. The Morgan fingerprint density at radius 2 is 2.12 bits per heavy atom. The summed E-state index contributed by atoms with van der Waals surface area (Å²) in [5, 5.41) is 3.55. The van der Waals surface area contributed by atoms with E-state index in [0.717, 1.165) is 12.5 Å². The van der Waals surface area contributed by atoms with Gasteiger partial charge in [0.15, 0.2) is 0 Å². The van der Waals surface area contributed by atoms with E-state index in [1.54, 1.807) is 0 Å². The molecular weight excluding hydrogens is 276 g/mol. The molecule has 94 valence electrons. The molecule has 0 heterocycles. The molecule has 0 bridgehead atoms. The highest BCUT2D eigenvalue weighted by Crippen LogP contribution is 2.21. The highest BCUT2D eigenvalue weighted by Gasteiger charge is 2.19. The SMILES string of the molecule is NCc1ccc(CCCCNC2CC2)c(Br)c1. The number of aryl methyl sites for hydroxylation is 1. The average Bonchev–Trinajstić information content (AvgIpc) is 3.14. The number of rotatable bonds is 7. The fourth-order valence-electron chi connectivity index (χ4n) is 1.95. The maximum absolute atomic E-state index is 5.61. The smallest absolute Gasteiger partial charge is 0.0210 e. The lowest BCUT2D eigenvalue weighted by molar-refractivity contribution is 0.619. The molecule has 2 nitrogen and oxygen atoms in total. The Kier molecular flexibility index (Phi) is 5.01. The first kappa shape index (κ1) is 13.1. The molecule has 0 amide bonds. The van der Waals surface area contributed by atoms with Gasteiger partial charge in [-0.25, -0.2) is 0 Å². The first-order chi connectivity index (χ1) is 8.29. The Labute approximate surface area is 112 Å². The molecule has 0 radical (unpaired) electrons. The topological polar surface area (TPSA) is 38.0 Å². The van der Waals surface area contributed by atoms with E-state index in [1.807, 2.05) is 0 Å². The Hall–Kier alpha value is -0.380. The van der Waals surface area contributed by atoms with E-state index in [9.17, 15) is 0 Å². The van der Waals surface area contributed by atoms with Crippen molar-refractivity contribution in [2.45, 2.75) is 44.7 Å². The summed E-state index contributed by atoms with van der Waals surface area (Å²) in [6.07, 6.45) is 6.43. The van der Waals surface area contributed by atoms with Crippen LogP contribution < -0.4 is 11.1 Å². The zero-order valence-corrected chi connectivity index (χ0v) is 11.8. The van der Waals surface area contributed by atoms with Crippen LogP contribution in [0.1, 0.15) is 36.8 Å². The van der Waals surface area contributed by atoms with Gasteiger partial charge in [-0.3, -0.25) is 0 Å². The van der Waals surface area contributed by atoms with Crippen LogP contribution in [-0.4, -0.2) is 12.6 Å². The van der Waals surface area contributed by atoms with E-state index in [0.29, 0.717) is 6.54 Å². The van der Waals surface area contributed by atoms with Gasteiger partial charge in [0.05, 0.1) is 0 Å². The highest BCUT2D eigenvalue weighted by atomic mass is 79.9. The van der Waals surface area contributed by atoms with Gasteiger partial charge in [-0.2, -0.15) is 0 Å². The largest absolute Gasteiger partial charge is 0.326 e. The van der Waals surface area contributed by atoms with E-state index < -0.39 is 0 Å². The van der Waals surface area contributed by atoms with Gasteiger partial charge in [0.25, 0.3) is 0 Å². The van der Waals surface area contributed by atoms with Gasteiger partial charge >= 0.3 is 0 Å². The van der Waals surface area contributed by atoms with Crippen LogP contribution in [0, 0.1) is 0 Å². The Balaban J connectivity index is 1.70. The Morgan fingerprint density at radius 3 is 2.76 bits per heavy atom. The molecular formula is C14H21BrN2. The van der Waals surface area contributed by atoms with Gasteiger partial charge in [-0.15, -0.1) is 0 Å². The van der Waals surface area contributed by atoms with Gasteiger partial charge in [-0.1, -0.05) is 28.1 Å². The predicted octanol–water partition coefficient (Wildman–Crippen LogP) is 2.98. The van der Waals surface area contributed by atoms with E-state index in [4.69, 9.17) is 5.73 Å². The van der Waals surface area contributed by atoms with Crippen molar-refractivity contribution in [3.05, 3.63) is 33.8 Å². The number of nitrogens with one attached hydrogen (secondary N) is 1. The third-order valence-electron chi connectivity index (χ3n) is 3.24. The van der Waals surface area contributed by atoms with Gasteiger partial charge in [0.1, 0.15) is 0 Å². The number of hydrogen-bond acceptors (Lipinski definition) is 2. The van der Waals surface area contributed by atoms with Gasteiger partial charge in [0, 0.05) is 17.1 Å². The van der Waals surface area contributed by atoms with Crippen molar-refractivity contribution in [1.82, 2.24) is 5.32 Å². The molecule has 1 saturated carbocycles. The Bertz CT molecular complexity index is 361. The van der Waals surface area contributed by atoms with Crippen LogP contribution in [-0.2, 0) is 13.0 Å². The molecule has 1 fully saturated rings. The first-order valence-corrected chi connectivity index (χ1v) is 7.29. The molecule has 3 N–H and O–H groups in total. The Morgan fingerprint density at radius 1 is 1.29 bits per heavy atom. The fraction of sp³-hybridized carbons (Fsp3) is 0.571. The standard InChI is InChI=1S/C14H21BrN2/c15-14-9-11(10-16)4-5-12(14)3-1-2-8-17-13-6-7-13/h4-5,9,13,17H,1-3,6-8,10,16H2. The second-order valence-corrected chi connectivity index (χ2v) is 5.67. The van der Waals surface area contributed by atoms with Gasteiger partial charge < -0.3 is 11.1 Å². The van der Waals surface area contributed by atoms with Crippen LogP contribution in [0.2, 0.25) is 0 Å². The molecule has 1 aliphatic carbocycles. The lowest BCUT2D eigenvalue weighted by Crippen LogP contribution is -2.17. The van der Waals surface area contributed by atoms with Crippen LogP contribution >= 0.6 is 15.9 Å². The summed E-state index contributed by atoms with van der Waals surface area (Å²) in [7, 11) is 0. The minimum Gasteiger partial charge on any atom is -0.326 e. The normalized spacial score (nSPS) is 15.2. The second-order valence-electron chi connectivity index (χ2n) is 4.82. The van der Waals surface area contributed by atoms with Crippen LogP contribution in [0.25, 0.3) is 0 Å². The minimum absolute atomic E-state index is 0.615. The molecule has 1 aromatic rings. The number of benzene rings is 1. The van der Waals surface area contributed by atoms with Gasteiger partial charge in [-0.05, 0) is 55.8 Å². The van der Waals surface area contributed by atoms with E-state index in [2.05, 4.69) is 39.4 Å². The lowest BCUT2D eigenvalue weighted by Gasteiger charge is -2.07. The summed E-state index contributed by atoms with van der Waals surface area (Å²) in [6.45, 7) is 1.79. The van der Waals surface area contributed by atoms with Gasteiger partial charge in [0.2, 0.25) is 0 Å². The zero-order valence-electron chi connectivity index (χ0n) is 10.2. The van der Waals surface area contributed by atoms with Crippen molar-refractivity contribution in [1.29, 1.82) is 0 Å². The summed E-state index contributed by atoms with van der Waals surface area (Å²) in [5.41, 5.74) is 8.20. The average molecular weight is 297 g/mol. The molecule has 0 saturated heterocycles. The number of hydrogen-bond donors (Lipinski definition) is 2. The zero-order chi connectivity index (χ0) is 12.1. The molecule has 0 aliphatic heterocycles. The quantitative estimate of drug-likeness (QED) is 0.759. The van der Waals surface area contributed by atoms with Crippen molar-refractivity contribution in [3.8, 4) is 0 Å². The molecule has 17 heavy (non-hydrogen) atoms. The van der Waals surface area contributed by atoms with Crippen molar-refractivity contribution in [3.63, 3.8) is 0 Å². The molecule has 3 heteroatoms. The monoisotopic (exact) mass is 296 g/mol. The number of unbranched alkanes of at least 4 members (excludes halogenated alkanes) is 1. The summed E-state index contributed by atoms with van der Waals surface area (Å²) < 4.78 is 1.20. The number of nitrogens with two attached hydrogens (primary N) is 1. The third-order valence-corrected chi connectivity index (χ3v) is 3.97. The summed E-state index contributed by atoms with van der Waals surface area (Å²) >= 11 is 3.62. The van der Waals surface area contributed by atoms with E-state index in [-0.39, 0.29) is 0 Å². The summed E-state index contributed by atoms with van der Waals surface area (Å²) in [4.78, 5) is 0. The van der Waals surface area contributed by atoms with Crippen molar-refractivity contribution in [2.24, 2.45) is 5.73 Å². The summed E-state index contributed by atoms with van der Waals surface area (Å²) in [6, 6.07) is 7.30. The molecule has 2 rings (SSSR count). The first-order valence-electron chi connectivity index (χ1n) is 6.50. The van der Waals surface area contributed by atoms with Crippen LogP contribution in [0.4, 0.5) is 0 Å².